The Bertz CT molecular complexity index is 831. The predicted octanol–water partition coefficient (Wildman–Crippen LogP) is 3.23. The molecule has 1 atom stereocenters. The molecule has 1 unspecified atom stereocenters. The number of amides is 1. The summed E-state index contributed by atoms with van der Waals surface area (Å²) in [6.07, 6.45) is 4.74. The maximum atomic E-state index is 12.9. The van der Waals surface area contributed by atoms with Gasteiger partial charge in [0.15, 0.2) is 5.79 Å². The molecule has 0 aliphatic carbocycles. The summed E-state index contributed by atoms with van der Waals surface area (Å²) in [6.45, 7) is 8.22. The molecule has 1 aliphatic heterocycles. The Balaban J connectivity index is 2.50. The molecule has 32 heavy (non-hydrogen) atoms. The number of hydrogen-bond donors (Lipinski definition) is 1. The molecule has 174 valence electrons. The van der Waals surface area contributed by atoms with E-state index in [4.69, 9.17) is 14.7 Å². The third-order valence-electron chi connectivity index (χ3n) is 4.97. The van der Waals surface area contributed by atoms with Gasteiger partial charge in [-0.15, -0.1) is 0 Å². The van der Waals surface area contributed by atoms with Crippen LogP contribution in [0, 0.1) is 11.5 Å². The quantitative estimate of drug-likeness (QED) is 0.216. The van der Waals surface area contributed by atoms with Crippen molar-refractivity contribution in [3.8, 4) is 6.19 Å². The molecule has 0 saturated carbocycles. The van der Waals surface area contributed by atoms with E-state index in [1.165, 1.54) is 6.34 Å². The zero-order valence-corrected chi connectivity index (χ0v) is 19.3. The van der Waals surface area contributed by atoms with Crippen LogP contribution in [0.3, 0.4) is 0 Å². The van der Waals surface area contributed by atoms with Crippen LogP contribution in [0.5, 0.6) is 0 Å². The predicted molar refractivity (Wildman–Crippen MR) is 120 cm³/mol. The molecule has 1 fully saturated rings. The SMILES string of the molecule is CCOC(=O)CN(Cc1ccccc1)C1(NC(=O)OC(C)(C)C)CCCCN1C=NC#N. The summed E-state index contributed by atoms with van der Waals surface area (Å²) < 4.78 is 10.8. The lowest BCUT2D eigenvalue weighted by Gasteiger charge is -2.52. The molecule has 1 saturated heterocycles. The van der Waals surface area contributed by atoms with Crippen LogP contribution in [-0.2, 0) is 20.8 Å². The first-order valence-corrected chi connectivity index (χ1v) is 10.8. The molecule has 2 rings (SSSR count). The fraction of sp³-hybridized carbons (Fsp3) is 0.565. The van der Waals surface area contributed by atoms with E-state index in [2.05, 4.69) is 10.3 Å². The summed E-state index contributed by atoms with van der Waals surface area (Å²) >= 11 is 0. The molecule has 0 aromatic heterocycles. The van der Waals surface area contributed by atoms with Gasteiger partial charge in [-0.05, 0) is 46.1 Å². The zero-order chi connectivity index (χ0) is 23.6. The molecule has 9 nitrogen and oxygen atoms in total. The number of nitrogens with zero attached hydrogens (tertiary/aromatic N) is 4. The number of benzene rings is 1. The molecule has 1 aliphatic rings. The Kier molecular flexibility index (Phi) is 9.02. The number of carbonyl (C=O) groups excluding carboxylic acids is 2. The van der Waals surface area contributed by atoms with Gasteiger partial charge in [-0.25, -0.2) is 9.69 Å². The van der Waals surface area contributed by atoms with Gasteiger partial charge in [-0.1, -0.05) is 30.3 Å². The number of nitriles is 1. The van der Waals surface area contributed by atoms with Crippen LogP contribution < -0.4 is 5.32 Å². The lowest BCUT2D eigenvalue weighted by atomic mass is 10.00. The number of alkyl carbamates (subject to hydrolysis) is 1. The Hall–Kier alpha value is -3.12. The van der Waals surface area contributed by atoms with Crippen LogP contribution in [0.25, 0.3) is 0 Å². The lowest BCUT2D eigenvalue weighted by Crippen LogP contribution is -2.71. The van der Waals surface area contributed by atoms with Gasteiger partial charge in [0.1, 0.15) is 18.5 Å². The van der Waals surface area contributed by atoms with E-state index < -0.39 is 23.5 Å². The van der Waals surface area contributed by atoms with E-state index in [0.717, 1.165) is 18.4 Å². The van der Waals surface area contributed by atoms with Gasteiger partial charge < -0.3 is 14.4 Å². The van der Waals surface area contributed by atoms with Crippen molar-refractivity contribution in [2.45, 2.75) is 64.9 Å². The van der Waals surface area contributed by atoms with Gasteiger partial charge in [-0.2, -0.15) is 10.3 Å². The van der Waals surface area contributed by atoms with Crippen LogP contribution in [0.15, 0.2) is 35.3 Å². The van der Waals surface area contributed by atoms with Crippen molar-refractivity contribution in [2.75, 3.05) is 19.7 Å². The summed E-state index contributed by atoms with van der Waals surface area (Å²) in [5, 5.41) is 12.0. The first-order chi connectivity index (χ1) is 15.2. The van der Waals surface area contributed by atoms with E-state index in [0.29, 0.717) is 19.5 Å². The molecule has 1 heterocycles. The van der Waals surface area contributed by atoms with Crippen LogP contribution in [0.4, 0.5) is 4.79 Å². The molecular formula is C23H33N5O4. The monoisotopic (exact) mass is 443 g/mol. The molecule has 1 N–H and O–H groups in total. The number of hydrogen-bond acceptors (Lipinski definition) is 7. The molecule has 1 aromatic rings. The third kappa shape index (κ3) is 7.24. The molecular weight excluding hydrogens is 410 g/mol. The third-order valence-corrected chi connectivity index (χ3v) is 4.97. The number of esters is 1. The molecule has 0 radical (unpaired) electrons. The van der Waals surface area contributed by atoms with Crippen LogP contribution in [-0.4, -0.2) is 59.3 Å². The van der Waals surface area contributed by atoms with Crippen LogP contribution in [0.2, 0.25) is 0 Å². The van der Waals surface area contributed by atoms with Crippen LogP contribution in [0.1, 0.15) is 52.5 Å². The van der Waals surface area contributed by atoms with Crippen molar-refractivity contribution in [2.24, 2.45) is 4.99 Å². The second-order valence-corrected chi connectivity index (χ2v) is 8.59. The zero-order valence-electron chi connectivity index (χ0n) is 19.3. The highest BCUT2D eigenvalue weighted by atomic mass is 16.6. The van der Waals surface area contributed by atoms with Crippen molar-refractivity contribution < 1.29 is 19.1 Å². The van der Waals surface area contributed by atoms with Crippen LogP contribution >= 0.6 is 0 Å². The highest BCUT2D eigenvalue weighted by molar-refractivity contribution is 5.73. The fourth-order valence-electron chi connectivity index (χ4n) is 3.73. The average molecular weight is 444 g/mol. The van der Waals surface area contributed by atoms with Gasteiger partial charge in [0.05, 0.1) is 6.61 Å². The maximum absolute atomic E-state index is 12.9. The lowest BCUT2D eigenvalue weighted by molar-refractivity contribution is -0.152. The number of nitrogens with one attached hydrogen (secondary N) is 1. The molecule has 1 amide bonds. The number of piperidine rings is 1. The largest absolute Gasteiger partial charge is 0.465 e. The topological polar surface area (TPSA) is 107 Å². The van der Waals surface area contributed by atoms with E-state index in [-0.39, 0.29) is 13.2 Å². The Morgan fingerprint density at radius 3 is 2.66 bits per heavy atom. The number of carbonyl (C=O) groups is 2. The first-order valence-electron chi connectivity index (χ1n) is 10.8. The summed E-state index contributed by atoms with van der Waals surface area (Å²) in [4.78, 5) is 32.9. The normalized spacial score (nSPS) is 18.9. The van der Waals surface area contributed by atoms with E-state index >= 15 is 0 Å². The Morgan fingerprint density at radius 1 is 1.31 bits per heavy atom. The van der Waals surface area contributed by atoms with Gasteiger partial charge in [0.2, 0.25) is 6.19 Å². The van der Waals surface area contributed by atoms with Crippen molar-refractivity contribution >= 4 is 18.4 Å². The number of aliphatic imine (C=N–C) groups is 1. The summed E-state index contributed by atoms with van der Waals surface area (Å²) in [7, 11) is 0. The smallest absolute Gasteiger partial charge is 0.410 e. The maximum Gasteiger partial charge on any atom is 0.410 e. The molecule has 1 aromatic carbocycles. The number of rotatable bonds is 8. The summed E-state index contributed by atoms with van der Waals surface area (Å²) in [5.74, 6) is -1.53. The van der Waals surface area contributed by atoms with Gasteiger partial charge >= 0.3 is 12.1 Å². The summed E-state index contributed by atoms with van der Waals surface area (Å²) in [5.41, 5.74) is 0.265. The van der Waals surface area contributed by atoms with Crippen molar-refractivity contribution in [3.05, 3.63) is 35.9 Å². The minimum absolute atomic E-state index is 0.0601. The second kappa shape index (κ2) is 11.5. The van der Waals surface area contributed by atoms with E-state index in [9.17, 15) is 9.59 Å². The number of ether oxygens (including phenoxy) is 2. The second-order valence-electron chi connectivity index (χ2n) is 8.59. The van der Waals surface area contributed by atoms with Gasteiger partial charge in [-0.3, -0.25) is 10.1 Å². The van der Waals surface area contributed by atoms with Crippen molar-refractivity contribution in [1.82, 2.24) is 15.1 Å². The van der Waals surface area contributed by atoms with Crippen molar-refractivity contribution in [1.29, 1.82) is 5.26 Å². The summed E-state index contributed by atoms with van der Waals surface area (Å²) in [6, 6.07) is 9.66. The molecule has 9 heteroatoms. The minimum Gasteiger partial charge on any atom is -0.465 e. The fourth-order valence-corrected chi connectivity index (χ4v) is 3.73. The van der Waals surface area contributed by atoms with E-state index in [1.807, 2.05) is 35.2 Å². The Morgan fingerprint density at radius 2 is 2.03 bits per heavy atom. The van der Waals surface area contributed by atoms with Gasteiger partial charge in [0, 0.05) is 19.5 Å². The molecule has 0 bridgehead atoms. The standard InChI is InChI=1S/C23H33N5O4/c1-5-31-20(29)16-28(15-19-11-7-6-8-12-19)23(26-21(30)32-22(2,3)4)13-9-10-14-27(23)18-25-17-24/h6-8,11-12,18H,5,9-10,13-16H2,1-4H3,(H,26,30). The van der Waals surface area contributed by atoms with E-state index in [1.54, 1.807) is 38.8 Å². The highest BCUT2D eigenvalue weighted by Crippen LogP contribution is 2.31. The first kappa shape index (κ1) is 25.1. The number of likely N-dealkylation sites (tertiary alicyclic amines) is 1. The highest BCUT2D eigenvalue weighted by Gasteiger charge is 2.46. The Labute approximate surface area is 190 Å². The molecule has 0 spiro atoms. The van der Waals surface area contributed by atoms with Crippen molar-refractivity contribution in [3.63, 3.8) is 0 Å². The van der Waals surface area contributed by atoms with Gasteiger partial charge in [0.25, 0.3) is 0 Å². The average Bonchev–Trinajstić information content (AvgIpc) is 2.72. The minimum atomic E-state index is -1.12.